The first-order valence-electron chi connectivity index (χ1n) is 10.7. The first-order valence-corrected chi connectivity index (χ1v) is 10.0. The number of para-hydroxylation sites is 2. The number of hydrogen-bond acceptors (Lipinski definition) is 9. The summed E-state index contributed by atoms with van der Waals surface area (Å²) in [4.78, 5) is 54.6. The summed E-state index contributed by atoms with van der Waals surface area (Å²) < 4.78 is 41.3. The van der Waals surface area contributed by atoms with Gasteiger partial charge in [0.1, 0.15) is 5.82 Å². The molecule has 38 heavy (non-hydrogen) atoms. The van der Waals surface area contributed by atoms with Gasteiger partial charge in [0, 0.05) is 5.69 Å². The smallest absolute Gasteiger partial charge is 0.357 e. The largest absolute Gasteiger partial charge is 0.383 e. The van der Waals surface area contributed by atoms with Gasteiger partial charge in [-0.3, -0.25) is 9.37 Å². The molecule has 1 amide bonds. The lowest BCUT2D eigenvalue weighted by Gasteiger charge is -2.06. The van der Waals surface area contributed by atoms with E-state index in [-0.39, 0.29) is 5.82 Å². The van der Waals surface area contributed by atoms with Crippen molar-refractivity contribution >= 4 is 35.1 Å². The van der Waals surface area contributed by atoms with E-state index in [2.05, 4.69) is 20.3 Å². The zero-order valence-corrected chi connectivity index (χ0v) is 19.3. The number of nitrogens with one attached hydrogen (secondary N) is 2. The number of isocyanates is 1. The molecule has 2 heterocycles. The number of carbonyl (C=O) groups excluding carboxylic acids is 2. The predicted molar refractivity (Wildman–Crippen MR) is 134 cm³/mol. The van der Waals surface area contributed by atoms with E-state index < -0.39 is 42.0 Å². The predicted octanol–water partition coefficient (Wildman–Crippen LogP) is 2.78. The van der Waals surface area contributed by atoms with Gasteiger partial charge in [0.05, 0.1) is 26.6 Å². The highest BCUT2D eigenvalue weighted by atomic mass is 19.1. The summed E-state index contributed by atoms with van der Waals surface area (Å²) in [7, 11) is -1.00. The summed E-state index contributed by atoms with van der Waals surface area (Å²) in [5.41, 5.74) is 9.60. The number of aromatic amines is 1. The van der Waals surface area contributed by atoms with Crippen molar-refractivity contribution in [3.63, 3.8) is 0 Å². The Morgan fingerprint density at radius 3 is 2.18 bits per heavy atom. The monoisotopic (exact) mass is 531 g/mol. The van der Waals surface area contributed by atoms with Gasteiger partial charge in [0.15, 0.2) is 17.5 Å². The topological polar surface area (TPSA) is 191 Å². The van der Waals surface area contributed by atoms with Crippen LogP contribution in [0.2, 0.25) is 0 Å². The van der Waals surface area contributed by atoms with Crippen LogP contribution in [0.3, 0.4) is 0 Å². The minimum atomic E-state index is -1.00. The SMILES string of the molecule is Nc1[nH]c(=O)ncc1F.Nc1nc(=O)n(C(=O)Nc2ccccc2)cc1F.O=C=Nc1ccccc1.[2H]CF. The molecular weight excluding hydrogens is 509 g/mol. The van der Waals surface area contributed by atoms with Crippen molar-refractivity contribution in [3.8, 4) is 0 Å². The molecule has 6 N–H and O–H groups in total. The maximum atomic E-state index is 13.1. The van der Waals surface area contributed by atoms with Crippen molar-refractivity contribution in [2.24, 2.45) is 4.99 Å². The number of nitrogen functional groups attached to an aromatic ring is 2. The summed E-state index contributed by atoms with van der Waals surface area (Å²) in [5, 5.41) is 2.42. The molecule has 0 atom stereocenters. The van der Waals surface area contributed by atoms with Crippen LogP contribution in [-0.2, 0) is 4.79 Å². The Morgan fingerprint density at radius 1 is 1.08 bits per heavy atom. The molecule has 0 aliphatic rings. The number of aliphatic imine (C=N–C) groups is 1. The van der Waals surface area contributed by atoms with E-state index >= 15 is 0 Å². The van der Waals surface area contributed by atoms with Crippen molar-refractivity contribution in [1.82, 2.24) is 19.5 Å². The molecule has 198 valence electrons. The highest BCUT2D eigenvalue weighted by Crippen LogP contribution is 2.07. The van der Waals surface area contributed by atoms with Crippen molar-refractivity contribution in [2.75, 3.05) is 23.9 Å². The second-order valence-corrected chi connectivity index (χ2v) is 6.41. The van der Waals surface area contributed by atoms with Gasteiger partial charge >= 0.3 is 17.4 Å². The van der Waals surface area contributed by atoms with Crippen molar-refractivity contribution in [2.45, 2.75) is 0 Å². The first kappa shape index (κ1) is 28.7. The van der Waals surface area contributed by atoms with Gasteiger partial charge in [0.25, 0.3) is 0 Å². The van der Waals surface area contributed by atoms with Gasteiger partial charge in [-0.1, -0.05) is 36.4 Å². The summed E-state index contributed by atoms with van der Waals surface area (Å²) in [6, 6.07) is 16.6. The fraction of sp³-hybridized carbons (Fsp3) is 0.0435. The molecule has 0 saturated heterocycles. The van der Waals surface area contributed by atoms with E-state index in [9.17, 15) is 32.3 Å². The third-order valence-corrected chi connectivity index (χ3v) is 3.88. The Labute approximate surface area is 213 Å². The highest BCUT2D eigenvalue weighted by molar-refractivity contribution is 5.90. The zero-order valence-electron chi connectivity index (χ0n) is 20.3. The van der Waals surface area contributed by atoms with E-state index in [1.54, 1.807) is 42.5 Å². The molecule has 0 bridgehead atoms. The lowest BCUT2D eigenvalue weighted by Crippen LogP contribution is -2.33. The number of amides is 1. The first-order chi connectivity index (χ1) is 18.6. The molecule has 0 fully saturated rings. The molecule has 0 radical (unpaired) electrons. The summed E-state index contributed by atoms with van der Waals surface area (Å²) in [5.74, 6) is -2.47. The number of benzene rings is 2. The highest BCUT2D eigenvalue weighted by Gasteiger charge is 2.11. The molecule has 4 aromatic rings. The molecule has 4 rings (SSSR count). The molecule has 0 saturated carbocycles. The third-order valence-electron chi connectivity index (χ3n) is 3.88. The molecule has 12 nitrogen and oxygen atoms in total. The van der Waals surface area contributed by atoms with Crippen LogP contribution in [0.4, 0.5) is 41.0 Å². The Balaban J connectivity index is 0.000000304. The maximum absolute atomic E-state index is 13.1. The number of halogens is 3. The van der Waals surface area contributed by atoms with Crippen LogP contribution in [0.15, 0.2) is 87.6 Å². The average Bonchev–Trinajstić information content (AvgIpc) is 2.91. The van der Waals surface area contributed by atoms with Crippen molar-refractivity contribution in [1.29, 1.82) is 0 Å². The summed E-state index contributed by atoms with van der Waals surface area (Å²) in [6.07, 6.45) is 2.93. The normalized spacial score (nSPS) is 9.39. The fourth-order valence-electron chi connectivity index (χ4n) is 2.24. The molecule has 0 aliphatic heterocycles. The van der Waals surface area contributed by atoms with Gasteiger partial charge in [-0.05, 0) is 24.3 Å². The Hall–Kier alpha value is -5.56. The number of nitrogens with two attached hydrogens (primary N) is 2. The molecule has 2 aromatic carbocycles. The van der Waals surface area contributed by atoms with Crippen LogP contribution in [0.1, 0.15) is 1.37 Å². The quantitative estimate of drug-likeness (QED) is 0.224. The van der Waals surface area contributed by atoms with Crippen LogP contribution in [0.25, 0.3) is 0 Å². The molecule has 2 aromatic heterocycles. The summed E-state index contributed by atoms with van der Waals surface area (Å²) >= 11 is 0. The number of aromatic nitrogens is 4. The lowest BCUT2D eigenvalue weighted by atomic mass is 10.3. The number of alkyl halides is 1. The van der Waals surface area contributed by atoms with Crippen LogP contribution < -0.4 is 28.2 Å². The second kappa shape index (κ2) is 16.2. The Morgan fingerprint density at radius 2 is 1.66 bits per heavy atom. The number of nitrogens with zero attached hydrogens (tertiary/aromatic N) is 4. The number of hydrogen-bond donors (Lipinski definition) is 4. The minimum Gasteiger partial charge on any atom is -0.383 e. The van der Waals surface area contributed by atoms with Gasteiger partial charge in [0.2, 0.25) is 6.08 Å². The summed E-state index contributed by atoms with van der Waals surface area (Å²) in [6.45, 7) is 0. The second-order valence-electron chi connectivity index (χ2n) is 6.41. The van der Waals surface area contributed by atoms with Gasteiger partial charge < -0.3 is 16.8 Å². The van der Waals surface area contributed by atoms with Crippen LogP contribution >= 0.6 is 0 Å². The van der Waals surface area contributed by atoms with E-state index in [1.807, 2.05) is 23.2 Å². The van der Waals surface area contributed by atoms with E-state index in [4.69, 9.17) is 12.8 Å². The number of rotatable bonds is 2. The van der Waals surface area contributed by atoms with Crippen LogP contribution in [-0.4, -0.2) is 38.8 Å². The molecule has 0 aliphatic carbocycles. The van der Waals surface area contributed by atoms with Crippen molar-refractivity contribution in [3.05, 3.63) is 106 Å². The van der Waals surface area contributed by atoms with Crippen LogP contribution in [0.5, 0.6) is 0 Å². The average molecular weight is 531 g/mol. The van der Waals surface area contributed by atoms with Crippen LogP contribution in [0, 0.1) is 11.6 Å². The van der Waals surface area contributed by atoms with E-state index in [0.717, 1.165) is 6.20 Å². The third kappa shape index (κ3) is 10.4. The zero-order chi connectivity index (χ0) is 29.2. The Kier molecular flexibility index (Phi) is 12.2. The van der Waals surface area contributed by atoms with Gasteiger partial charge in [-0.15, -0.1) is 0 Å². The number of anilines is 3. The lowest BCUT2D eigenvalue weighted by molar-refractivity contribution is 0.252. The van der Waals surface area contributed by atoms with Gasteiger partial charge in [-0.25, -0.2) is 32.5 Å². The number of H-pyrrole nitrogens is 1. The van der Waals surface area contributed by atoms with E-state index in [0.29, 0.717) is 22.1 Å². The molecule has 0 unspecified atom stereocenters. The standard InChI is InChI=1S/C11H9FN4O2.C7H5NO.C4H4FN3O.CH3F/c12-8-6-16(11(18)15-9(8)13)10(17)14-7-4-2-1-3-5-7;9-6-8-7-4-2-1-3-5-7;5-2-1-7-4(9)8-3(2)6;1-2/h1-6H,(H,14,17)(H2,13,15,18);1-5H;1H,(H3,6,7,8,9);1H3/i;;;1D. The minimum absolute atomic E-state index is 0.282. The maximum Gasteiger partial charge on any atom is 0.357 e. The number of carbonyl (C=O) groups is 1. The van der Waals surface area contributed by atoms with Gasteiger partial charge in [-0.2, -0.15) is 15.0 Å². The molecular formula is C23H21F3N8O4. The molecule has 0 spiro atoms. The fourth-order valence-corrected chi connectivity index (χ4v) is 2.24. The van der Waals surface area contributed by atoms with Crippen molar-refractivity contribution < 1.29 is 24.1 Å². The van der Waals surface area contributed by atoms with E-state index in [1.165, 1.54) is 6.08 Å². The Bertz CT molecular complexity index is 1500. The molecule has 15 heteroatoms.